The minimum Gasteiger partial charge on any atom is -0.480 e. The van der Waals surface area contributed by atoms with Crippen LogP contribution in [0.5, 0.6) is 0 Å². The van der Waals surface area contributed by atoms with Crippen molar-refractivity contribution in [3.8, 4) is 0 Å². The molecule has 0 aliphatic heterocycles. The Hall–Kier alpha value is -2.20. The zero-order valence-electron chi connectivity index (χ0n) is 11.8. The molecule has 0 aliphatic carbocycles. The number of carbonyl (C=O) groups is 4. The summed E-state index contributed by atoms with van der Waals surface area (Å²) >= 11 is 0. The lowest BCUT2D eigenvalue weighted by atomic mass is 10.1. The van der Waals surface area contributed by atoms with Gasteiger partial charge in [-0.2, -0.15) is 0 Å². The second-order valence-electron chi connectivity index (χ2n) is 4.34. The van der Waals surface area contributed by atoms with Crippen LogP contribution < -0.4 is 21.7 Å². The first-order valence-corrected chi connectivity index (χ1v) is 6.16. The summed E-state index contributed by atoms with van der Waals surface area (Å²) < 4.78 is 0. The summed E-state index contributed by atoms with van der Waals surface area (Å²) in [4.78, 5) is 44.8. The molecule has 0 radical (unpaired) electrons. The van der Waals surface area contributed by atoms with Gasteiger partial charge in [-0.05, 0) is 13.8 Å². The van der Waals surface area contributed by atoms with Crippen molar-refractivity contribution in [1.29, 1.82) is 0 Å². The summed E-state index contributed by atoms with van der Waals surface area (Å²) in [7, 11) is 0. The molecule has 0 saturated carbocycles. The molecule has 0 spiro atoms. The first-order valence-electron chi connectivity index (χ1n) is 6.16. The molecule has 0 fully saturated rings. The molecule has 0 aromatic rings. The maximum atomic E-state index is 11.7. The average molecular weight is 304 g/mol. The SMILES string of the molecule is C[C@H](NC(=O)CNC(=O)[C@@H](NC(=O)CN)[C@@H](C)O)C(=O)O. The van der Waals surface area contributed by atoms with Crippen molar-refractivity contribution in [3.05, 3.63) is 0 Å². The van der Waals surface area contributed by atoms with Crippen LogP contribution in [0.4, 0.5) is 0 Å². The Morgan fingerprint density at radius 2 is 1.67 bits per heavy atom. The van der Waals surface area contributed by atoms with Crippen LogP contribution in [0.2, 0.25) is 0 Å². The number of carbonyl (C=O) groups excluding carboxylic acids is 3. The number of rotatable bonds is 8. The van der Waals surface area contributed by atoms with Crippen LogP contribution in [-0.2, 0) is 19.2 Å². The summed E-state index contributed by atoms with van der Waals surface area (Å²) in [5.41, 5.74) is 5.08. The second-order valence-corrected chi connectivity index (χ2v) is 4.34. The molecule has 3 amide bonds. The van der Waals surface area contributed by atoms with Crippen molar-refractivity contribution in [3.63, 3.8) is 0 Å². The zero-order chi connectivity index (χ0) is 16.6. The van der Waals surface area contributed by atoms with Gasteiger partial charge in [-0.3, -0.25) is 19.2 Å². The molecule has 10 heteroatoms. The van der Waals surface area contributed by atoms with Crippen molar-refractivity contribution in [2.75, 3.05) is 13.1 Å². The van der Waals surface area contributed by atoms with Gasteiger partial charge in [0.2, 0.25) is 17.7 Å². The van der Waals surface area contributed by atoms with Gasteiger partial charge in [-0.1, -0.05) is 0 Å². The summed E-state index contributed by atoms with van der Waals surface area (Å²) in [6, 6.07) is -2.36. The predicted octanol–water partition coefficient (Wildman–Crippen LogP) is -3.48. The second kappa shape index (κ2) is 8.87. The van der Waals surface area contributed by atoms with Gasteiger partial charge < -0.3 is 31.9 Å². The first kappa shape index (κ1) is 18.8. The smallest absolute Gasteiger partial charge is 0.325 e. The number of aliphatic hydroxyl groups is 1. The molecule has 0 bridgehead atoms. The zero-order valence-corrected chi connectivity index (χ0v) is 11.8. The Kier molecular flexibility index (Phi) is 7.94. The third kappa shape index (κ3) is 7.22. The van der Waals surface area contributed by atoms with E-state index in [1.807, 2.05) is 0 Å². The number of hydrogen-bond donors (Lipinski definition) is 6. The lowest BCUT2D eigenvalue weighted by molar-refractivity contribution is -0.141. The monoisotopic (exact) mass is 304 g/mol. The summed E-state index contributed by atoms with van der Waals surface area (Å²) in [6.45, 7) is 1.71. The highest BCUT2D eigenvalue weighted by molar-refractivity contribution is 5.92. The molecule has 3 atom stereocenters. The number of hydrogen-bond acceptors (Lipinski definition) is 6. The van der Waals surface area contributed by atoms with E-state index in [9.17, 15) is 24.3 Å². The number of aliphatic carboxylic acids is 1. The van der Waals surface area contributed by atoms with Crippen LogP contribution in [0, 0.1) is 0 Å². The fraction of sp³-hybridized carbons (Fsp3) is 0.636. The van der Waals surface area contributed by atoms with Crippen LogP contribution >= 0.6 is 0 Å². The Morgan fingerprint density at radius 1 is 1.10 bits per heavy atom. The van der Waals surface area contributed by atoms with Crippen molar-refractivity contribution in [2.45, 2.75) is 32.0 Å². The van der Waals surface area contributed by atoms with E-state index in [1.54, 1.807) is 0 Å². The number of aliphatic hydroxyl groups excluding tert-OH is 1. The summed E-state index contributed by atoms with van der Waals surface area (Å²) in [6.07, 6.45) is -1.19. The maximum Gasteiger partial charge on any atom is 0.325 e. The molecule has 0 aliphatic rings. The minimum absolute atomic E-state index is 0.354. The van der Waals surface area contributed by atoms with Gasteiger partial charge in [-0.25, -0.2) is 0 Å². The van der Waals surface area contributed by atoms with Crippen LogP contribution in [0.15, 0.2) is 0 Å². The van der Waals surface area contributed by atoms with E-state index in [2.05, 4.69) is 16.0 Å². The van der Waals surface area contributed by atoms with Crippen LogP contribution in [0.25, 0.3) is 0 Å². The third-order valence-corrected chi connectivity index (χ3v) is 2.44. The Balaban J connectivity index is 4.40. The van der Waals surface area contributed by atoms with Gasteiger partial charge in [0.15, 0.2) is 0 Å². The van der Waals surface area contributed by atoms with Crippen molar-refractivity contribution < 1.29 is 29.4 Å². The van der Waals surface area contributed by atoms with E-state index >= 15 is 0 Å². The number of nitrogens with two attached hydrogens (primary N) is 1. The first-order chi connectivity index (χ1) is 9.68. The Bertz CT molecular complexity index is 412. The molecule has 21 heavy (non-hydrogen) atoms. The number of nitrogens with one attached hydrogen (secondary N) is 3. The van der Waals surface area contributed by atoms with Crippen molar-refractivity contribution >= 4 is 23.7 Å². The molecule has 0 aromatic heterocycles. The molecular weight excluding hydrogens is 284 g/mol. The molecule has 0 aromatic carbocycles. The fourth-order valence-corrected chi connectivity index (χ4v) is 1.27. The standard InChI is InChI=1S/C11H20N4O6/c1-5(11(20)21)14-8(18)4-13-10(19)9(6(2)16)15-7(17)3-12/h5-6,9,16H,3-4,12H2,1-2H3,(H,13,19)(H,14,18)(H,15,17)(H,20,21)/t5-,6+,9-/m0/s1. The van der Waals surface area contributed by atoms with Gasteiger partial charge in [0.25, 0.3) is 0 Å². The van der Waals surface area contributed by atoms with Gasteiger partial charge in [-0.15, -0.1) is 0 Å². The highest BCUT2D eigenvalue weighted by Gasteiger charge is 2.25. The molecule has 7 N–H and O–H groups in total. The van der Waals surface area contributed by atoms with E-state index < -0.39 is 48.4 Å². The fourth-order valence-electron chi connectivity index (χ4n) is 1.27. The molecule has 0 unspecified atom stereocenters. The average Bonchev–Trinajstić information content (AvgIpc) is 2.41. The van der Waals surface area contributed by atoms with E-state index in [-0.39, 0.29) is 6.54 Å². The van der Waals surface area contributed by atoms with Crippen LogP contribution in [0.1, 0.15) is 13.8 Å². The number of carboxylic acids is 1. The third-order valence-electron chi connectivity index (χ3n) is 2.44. The van der Waals surface area contributed by atoms with Crippen molar-refractivity contribution in [1.82, 2.24) is 16.0 Å². The number of amides is 3. The molecule has 0 heterocycles. The van der Waals surface area contributed by atoms with Crippen LogP contribution in [-0.4, -0.2) is 65.2 Å². The number of carboxylic acid groups (broad SMARTS) is 1. The molecule has 0 rings (SSSR count). The van der Waals surface area contributed by atoms with Gasteiger partial charge >= 0.3 is 5.97 Å². The predicted molar refractivity (Wildman–Crippen MR) is 70.9 cm³/mol. The summed E-state index contributed by atoms with van der Waals surface area (Å²) in [5, 5.41) is 24.5. The van der Waals surface area contributed by atoms with Gasteiger partial charge in [0.05, 0.1) is 19.2 Å². The highest BCUT2D eigenvalue weighted by atomic mass is 16.4. The lowest BCUT2D eigenvalue weighted by Gasteiger charge is -2.20. The van der Waals surface area contributed by atoms with Crippen LogP contribution in [0.3, 0.4) is 0 Å². The molecular formula is C11H20N4O6. The Morgan fingerprint density at radius 3 is 2.10 bits per heavy atom. The lowest BCUT2D eigenvalue weighted by Crippen LogP contribution is -2.55. The quantitative estimate of drug-likeness (QED) is 0.270. The minimum atomic E-state index is -1.26. The van der Waals surface area contributed by atoms with E-state index in [0.717, 1.165) is 0 Å². The topological polar surface area (TPSA) is 171 Å². The van der Waals surface area contributed by atoms with E-state index in [4.69, 9.17) is 10.8 Å². The van der Waals surface area contributed by atoms with Crippen molar-refractivity contribution in [2.24, 2.45) is 5.73 Å². The molecule has 0 saturated heterocycles. The van der Waals surface area contributed by atoms with Gasteiger partial charge in [0.1, 0.15) is 12.1 Å². The van der Waals surface area contributed by atoms with E-state index in [1.165, 1.54) is 13.8 Å². The highest BCUT2D eigenvalue weighted by Crippen LogP contribution is 1.93. The van der Waals surface area contributed by atoms with E-state index in [0.29, 0.717) is 0 Å². The largest absolute Gasteiger partial charge is 0.480 e. The maximum absolute atomic E-state index is 11.7. The Labute approximate surface area is 121 Å². The normalized spacial score (nSPS) is 14.5. The van der Waals surface area contributed by atoms with Gasteiger partial charge in [0, 0.05) is 0 Å². The summed E-state index contributed by atoms with van der Waals surface area (Å²) in [5.74, 6) is -3.36. The molecule has 10 nitrogen and oxygen atoms in total. The molecule has 120 valence electrons.